The third kappa shape index (κ3) is 2.08. The predicted molar refractivity (Wildman–Crippen MR) is 37.6 cm³/mol. The van der Waals surface area contributed by atoms with Crippen LogP contribution in [0.5, 0.6) is 0 Å². The molecule has 1 aliphatic carbocycles. The molecule has 0 nitrogen and oxygen atoms in total. The zero-order valence-corrected chi connectivity index (χ0v) is 6.67. The lowest BCUT2D eigenvalue weighted by Gasteiger charge is -1.99. The largest absolute Gasteiger partial charge is 0.251 e. The van der Waals surface area contributed by atoms with Gasteiger partial charge in [0.1, 0.15) is 0 Å². The summed E-state index contributed by atoms with van der Waals surface area (Å²) in [6.45, 7) is 1.84. The van der Waals surface area contributed by atoms with Gasteiger partial charge in [0.05, 0.1) is 0 Å². The summed E-state index contributed by atoms with van der Waals surface area (Å²) in [7, 11) is 0. The van der Waals surface area contributed by atoms with E-state index in [0.29, 0.717) is 12.8 Å². The predicted octanol–water partition coefficient (Wildman–Crippen LogP) is 3.05. The molecule has 0 aromatic carbocycles. The molecular formula is C7H11ClF2. The minimum atomic E-state index is -2.36. The van der Waals surface area contributed by atoms with Crippen LogP contribution in [0, 0.1) is 5.92 Å². The van der Waals surface area contributed by atoms with Crippen LogP contribution in [0.1, 0.15) is 26.2 Å². The smallest absolute Gasteiger partial charge is 0.207 e. The van der Waals surface area contributed by atoms with E-state index in [-0.39, 0.29) is 17.7 Å². The molecule has 0 radical (unpaired) electrons. The number of halogens is 3. The maximum atomic E-state index is 12.2. The second kappa shape index (κ2) is 2.65. The second-order valence-corrected chi connectivity index (χ2v) is 3.77. The molecule has 0 spiro atoms. The number of alkyl halides is 3. The van der Waals surface area contributed by atoms with Crippen molar-refractivity contribution in [1.29, 1.82) is 0 Å². The highest BCUT2D eigenvalue weighted by atomic mass is 35.5. The third-order valence-corrected chi connectivity index (χ3v) is 2.09. The first kappa shape index (κ1) is 8.25. The fraction of sp³-hybridized carbons (Fsp3) is 1.00. The molecule has 2 unspecified atom stereocenters. The quantitative estimate of drug-likeness (QED) is 0.569. The van der Waals surface area contributed by atoms with Crippen LogP contribution in [-0.4, -0.2) is 11.3 Å². The maximum Gasteiger partial charge on any atom is 0.251 e. The summed E-state index contributed by atoms with van der Waals surface area (Å²) in [6, 6.07) is 0. The number of hydrogen-bond donors (Lipinski definition) is 0. The minimum Gasteiger partial charge on any atom is -0.207 e. The van der Waals surface area contributed by atoms with E-state index in [0.717, 1.165) is 0 Å². The van der Waals surface area contributed by atoms with Crippen molar-refractivity contribution in [3.63, 3.8) is 0 Å². The van der Waals surface area contributed by atoms with Crippen LogP contribution in [0.15, 0.2) is 0 Å². The molecule has 0 heterocycles. The van der Waals surface area contributed by atoms with Gasteiger partial charge in [0, 0.05) is 17.7 Å². The van der Waals surface area contributed by atoms with Gasteiger partial charge in [-0.05, 0) is 19.8 Å². The van der Waals surface area contributed by atoms with Crippen molar-refractivity contribution < 1.29 is 8.78 Å². The Morgan fingerprint density at radius 1 is 1.70 bits per heavy atom. The molecular weight excluding hydrogens is 158 g/mol. The van der Waals surface area contributed by atoms with Gasteiger partial charge in [-0.2, -0.15) is 0 Å². The first-order chi connectivity index (χ1) is 4.52. The van der Waals surface area contributed by atoms with Crippen molar-refractivity contribution >= 4 is 11.6 Å². The molecule has 1 saturated carbocycles. The summed E-state index contributed by atoms with van der Waals surface area (Å²) < 4.78 is 24.4. The molecule has 2 atom stereocenters. The molecule has 60 valence electrons. The monoisotopic (exact) mass is 168 g/mol. The normalized spacial score (nSPS) is 31.8. The molecule has 1 aliphatic rings. The summed E-state index contributed by atoms with van der Waals surface area (Å²) in [6.07, 6.45) is 1.37. The van der Waals surface area contributed by atoms with Crippen LogP contribution in [0.2, 0.25) is 0 Å². The Kier molecular flexibility index (Phi) is 2.18. The van der Waals surface area contributed by atoms with Gasteiger partial charge in [-0.1, -0.05) is 0 Å². The van der Waals surface area contributed by atoms with Crippen molar-refractivity contribution in [2.24, 2.45) is 5.92 Å². The summed E-state index contributed by atoms with van der Waals surface area (Å²) >= 11 is 5.60. The van der Waals surface area contributed by atoms with Gasteiger partial charge in [-0.3, -0.25) is 0 Å². The molecule has 0 aliphatic heterocycles. The Balaban J connectivity index is 2.07. The van der Waals surface area contributed by atoms with Crippen molar-refractivity contribution in [3.05, 3.63) is 0 Å². The van der Waals surface area contributed by atoms with Gasteiger partial charge < -0.3 is 0 Å². The van der Waals surface area contributed by atoms with Crippen molar-refractivity contribution in [3.8, 4) is 0 Å². The van der Waals surface area contributed by atoms with Gasteiger partial charge in [0.25, 0.3) is 5.92 Å². The number of rotatable bonds is 3. The van der Waals surface area contributed by atoms with Crippen LogP contribution in [0.3, 0.4) is 0 Å². The van der Waals surface area contributed by atoms with E-state index in [2.05, 4.69) is 0 Å². The average molecular weight is 169 g/mol. The molecule has 0 saturated heterocycles. The van der Waals surface area contributed by atoms with E-state index in [9.17, 15) is 8.78 Å². The second-order valence-electron chi connectivity index (χ2n) is 3.02. The van der Waals surface area contributed by atoms with Crippen molar-refractivity contribution in [2.45, 2.75) is 37.5 Å². The van der Waals surface area contributed by atoms with Gasteiger partial charge >= 0.3 is 0 Å². The Hall–Kier alpha value is 0.150. The average Bonchev–Trinajstić information content (AvgIpc) is 2.35. The maximum absolute atomic E-state index is 12.2. The molecule has 0 aromatic rings. The Labute approximate surface area is 64.6 Å². The van der Waals surface area contributed by atoms with Gasteiger partial charge in [0.2, 0.25) is 0 Å². The highest BCUT2D eigenvalue weighted by molar-refractivity contribution is 6.20. The minimum absolute atomic E-state index is 0.0383. The summed E-state index contributed by atoms with van der Waals surface area (Å²) in [5.74, 6) is -2.72. The van der Waals surface area contributed by atoms with Crippen molar-refractivity contribution in [2.75, 3.05) is 0 Å². The Morgan fingerprint density at radius 2 is 2.20 bits per heavy atom. The first-order valence-corrected chi connectivity index (χ1v) is 3.98. The van der Waals surface area contributed by atoms with E-state index in [1.54, 1.807) is 0 Å². The van der Waals surface area contributed by atoms with Gasteiger partial charge in [-0.25, -0.2) is 8.78 Å². The first-order valence-electron chi connectivity index (χ1n) is 3.54. The van der Waals surface area contributed by atoms with Crippen LogP contribution >= 0.6 is 11.6 Å². The van der Waals surface area contributed by atoms with E-state index in [1.807, 2.05) is 6.92 Å². The SMILES string of the molecule is CC(Cl)CCC1CC1(F)F. The fourth-order valence-corrected chi connectivity index (χ4v) is 1.14. The standard InChI is InChI=1S/C7H11ClF2/c1-5(8)2-3-6-4-7(6,9)10/h5-6H,2-4H2,1H3. The number of hydrogen-bond acceptors (Lipinski definition) is 0. The van der Waals surface area contributed by atoms with Gasteiger partial charge in [0.15, 0.2) is 0 Å². The summed E-state index contributed by atoms with van der Waals surface area (Å²) in [5.41, 5.74) is 0. The van der Waals surface area contributed by atoms with E-state index >= 15 is 0 Å². The lowest BCUT2D eigenvalue weighted by atomic mass is 10.2. The molecule has 1 fully saturated rings. The van der Waals surface area contributed by atoms with Crippen molar-refractivity contribution in [1.82, 2.24) is 0 Å². The van der Waals surface area contributed by atoms with Crippen LogP contribution < -0.4 is 0 Å². The zero-order valence-electron chi connectivity index (χ0n) is 5.91. The summed E-state index contributed by atoms with van der Waals surface area (Å²) in [5, 5.41) is 0.0383. The third-order valence-electron chi connectivity index (χ3n) is 1.87. The Bertz CT molecular complexity index is 123. The van der Waals surface area contributed by atoms with E-state index in [1.165, 1.54) is 0 Å². The van der Waals surface area contributed by atoms with Gasteiger partial charge in [-0.15, -0.1) is 11.6 Å². The highest BCUT2D eigenvalue weighted by Crippen LogP contribution is 2.51. The Morgan fingerprint density at radius 3 is 2.50 bits per heavy atom. The van der Waals surface area contributed by atoms with E-state index in [4.69, 9.17) is 11.6 Å². The van der Waals surface area contributed by atoms with Crippen LogP contribution in [-0.2, 0) is 0 Å². The molecule has 10 heavy (non-hydrogen) atoms. The van der Waals surface area contributed by atoms with Crippen LogP contribution in [0.4, 0.5) is 8.78 Å². The molecule has 1 rings (SSSR count). The lowest BCUT2D eigenvalue weighted by Crippen LogP contribution is -1.97. The molecule has 0 amide bonds. The zero-order chi connectivity index (χ0) is 7.78. The lowest BCUT2D eigenvalue weighted by molar-refractivity contribution is 0.0966. The topological polar surface area (TPSA) is 0 Å². The fourth-order valence-electron chi connectivity index (χ4n) is 1.01. The van der Waals surface area contributed by atoms with E-state index < -0.39 is 5.92 Å². The summed E-state index contributed by atoms with van der Waals surface area (Å²) in [4.78, 5) is 0. The molecule has 0 aromatic heterocycles. The highest BCUT2D eigenvalue weighted by Gasteiger charge is 2.55. The molecule has 3 heteroatoms. The van der Waals surface area contributed by atoms with Crippen LogP contribution in [0.25, 0.3) is 0 Å². The molecule has 0 bridgehead atoms. The molecule has 0 N–H and O–H groups in total.